The molecule has 15 heavy (non-hydrogen) atoms. The summed E-state index contributed by atoms with van der Waals surface area (Å²) in [7, 11) is 0. The van der Waals surface area contributed by atoms with Crippen molar-refractivity contribution in [2.45, 2.75) is 0 Å². The highest BCUT2D eigenvalue weighted by molar-refractivity contribution is 6.30. The Morgan fingerprint density at radius 1 is 1.33 bits per heavy atom. The summed E-state index contributed by atoms with van der Waals surface area (Å²) in [5.41, 5.74) is 0.692. The zero-order chi connectivity index (χ0) is 10.8. The second kappa shape index (κ2) is 3.70. The standard InChI is InChI=1S/C9H6ClN3O2/c10-7-1-3-8(4-2-7)12-6-9(5-11-12)13(14)15/h1-6H. The summed E-state index contributed by atoms with van der Waals surface area (Å²) in [6, 6.07) is 6.87. The molecule has 0 unspecified atom stereocenters. The third-order valence-electron chi connectivity index (χ3n) is 1.87. The number of aromatic nitrogens is 2. The van der Waals surface area contributed by atoms with E-state index in [1.165, 1.54) is 17.1 Å². The van der Waals surface area contributed by atoms with E-state index in [1.807, 2.05) is 0 Å². The van der Waals surface area contributed by atoms with E-state index >= 15 is 0 Å². The van der Waals surface area contributed by atoms with Gasteiger partial charge in [0.1, 0.15) is 12.4 Å². The molecule has 5 nitrogen and oxygen atoms in total. The first-order valence-corrected chi connectivity index (χ1v) is 4.49. The Balaban J connectivity index is 2.37. The molecule has 0 atom stereocenters. The molecule has 2 aromatic rings. The molecule has 1 heterocycles. The fraction of sp³-hybridized carbons (Fsp3) is 0. The van der Waals surface area contributed by atoms with Crippen molar-refractivity contribution < 1.29 is 4.92 Å². The minimum atomic E-state index is -0.487. The van der Waals surface area contributed by atoms with Crippen LogP contribution in [0.1, 0.15) is 0 Å². The normalized spacial score (nSPS) is 10.2. The van der Waals surface area contributed by atoms with E-state index in [-0.39, 0.29) is 5.69 Å². The van der Waals surface area contributed by atoms with E-state index in [0.29, 0.717) is 5.02 Å². The zero-order valence-electron chi connectivity index (χ0n) is 7.50. The maximum Gasteiger partial charge on any atom is 0.307 e. The van der Waals surface area contributed by atoms with Gasteiger partial charge >= 0.3 is 5.69 Å². The largest absolute Gasteiger partial charge is 0.307 e. The third kappa shape index (κ3) is 1.97. The number of hydrogen-bond donors (Lipinski definition) is 0. The predicted octanol–water partition coefficient (Wildman–Crippen LogP) is 2.43. The predicted molar refractivity (Wildman–Crippen MR) is 55.2 cm³/mol. The second-order valence-corrected chi connectivity index (χ2v) is 3.31. The maximum absolute atomic E-state index is 10.4. The SMILES string of the molecule is O=[N+]([O-])c1cnn(-c2ccc(Cl)cc2)c1. The summed E-state index contributed by atoms with van der Waals surface area (Å²) in [5, 5.41) is 14.9. The topological polar surface area (TPSA) is 61.0 Å². The number of nitro groups is 1. The van der Waals surface area contributed by atoms with Gasteiger partial charge in [0.15, 0.2) is 0 Å². The van der Waals surface area contributed by atoms with Crippen LogP contribution in [0.25, 0.3) is 5.69 Å². The highest BCUT2D eigenvalue weighted by atomic mass is 35.5. The highest BCUT2D eigenvalue weighted by Crippen LogP contribution is 2.15. The monoisotopic (exact) mass is 223 g/mol. The van der Waals surface area contributed by atoms with Gasteiger partial charge in [0, 0.05) is 5.02 Å². The average molecular weight is 224 g/mol. The van der Waals surface area contributed by atoms with Crippen molar-refractivity contribution in [2.75, 3.05) is 0 Å². The van der Waals surface area contributed by atoms with Crippen molar-refractivity contribution >= 4 is 17.3 Å². The molecule has 2 rings (SSSR count). The fourth-order valence-electron chi connectivity index (χ4n) is 1.14. The molecule has 1 aromatic carbocycles. The van der Waals surface area contributed by atoms with E-state index in [2.05, 4.69) is 5.10 Å². The zero-order valence-corrected chi connectivity index (χ0v) is 8.26. The number of rotatable bonds is 2. The molecular weight excluding hydrogens is 218 g/mol. The van der Waals surface area contributed by atoms with E-state index in [1.54, 1.807) is 24.3 Å². The summed E-state index contributed by atoms with van der Waals surface area (Å²) in [6.07, 6.45) is 2.55. The lowest BCUT2D eigenvalue weighted by Crippen LogP contribution is -1.93. The summed E-state index contributed by atoms with van der Waals surface area (Å²) in [5.74, 6) is 0. The smallest absolute Gasteiger partial charge is 0.258 e. The maximum atomic E-state index is 10.4. The number of nitrogens with zero attached hydrogens (tertiary/aromatic N) is 3. The molecule has 1 aromatic heterocycles. The minimum Gasteiger partial charge on any atom is -0.258 e. The minimum absolute atomic E-state index is 0.0371. The van der Waals surface area contributed by atoms with Crippen LogP contribution in [0.5, 0.6) is 0 Å². The molecule has 76 valence electrons. The highest BCUT2D eigenvalue weighted by Gasteiger charge is 2.09. The Hall–Kier alpha value is -1.88. The lowest BCUT2D eigenvalue weighted by molar-refractivity contribution is -0.384. The van der Waals surface area contributed by atoms with E-state index in [9.17, 15) is 10.1 Å². The van der Waals surface area contributed by atoms with Crippen LogP contribution in [-0.4, -0.2) is 14.7 Å². The first kappa shape index (κ1) is 9.67. The summed E-state index contributed by atoms with van der Waals surface area (Å²) in [4.78, 5) is 9.94. The molecule has 0 amide bonds. The quantitative estimate of drug-likeness (QED) is 0.580. The molecule has 0 saturated carbocycles. The van der Waals surface area contributed by atoms with Crippen LogP contribution in [0.15, 0.2) is 36.7 Å². The first-order chi connectivity index (χ1) is 7.16. The van der Waals surface area contributed by atoms with Gasteiger partial charge in [0.25, 0.3) is 0 Å². The summed E-state index contributed by atoms with van der Waals surface area (Å²) in [6.45, 7) is 0. The van der Waals surface area contributed by atoms with E-state index in [0.717, 1.165) is 5.69 Å². The summed E-state index contributed by atoms with van der Waals surface area (Å²) < 4.78 is 1.43. The van der Waals surface area contributed by atoms with Crippen LogP contribution in [-0.2, 0) is 0 Å². The van der Waals surface area contributed by atoms with Crippen molar-refractivity contribution in [1.29, 1.82) is 0 Å². The van der Waals surface area contributed by atoms with E-state index in [4.69, 9.17) is 11.6 Å². The van der Waals surface area contributed by atoms with Crippen molar-refractivity contribution in [3.63, 3.8) is 0 Å². The van der Waals surface area contributed by atoms with Gasteiger partial charge in [0.05, 0.1) is 10.6 Å². The van der Waals surface area contributed by atoms with Crippen molar-refractivity contribution in [1.82, 2.24) is 9.78 Å². The van der Waals surface area contributed by atoms with Gasteiger partial charge in [-0.3, -0.25) is 10.1 Å². The van der Waals surface area contributed by atoms with Crippen LogP contribution in [0, 0.1) is 10.1 Å². The number of benzene rings is 1. The molecular formula is C9H6ClN3O2. The van der Waals surface area contributed by atoms with Crippen molar-refractivity contribution in [2.24, 2.45) is 0 Å². The Labute approximate surface area is 90.1 Å². The molecule has 0 aliphatic heterocycles. The molecule has 0 spiro atoms. The van der Waals surface area contributed by atoms with Gasteiger partial charge in [-0.2, -0.15) is 5.10 Å². The van der Waals surface area contributed by atoms with Gasteiger partial charge in [-0.25, -0.2) is 4.68 Å². The molecule has 0 aliphatic rings. The van der Waals surface area contributed by atoms with E-state index < -0.39 is 4.92 Å². The Bertz CT molecular complexity index is 492. The summed E-state index contributed by atoms with van der Waals surface area (Å²) >= 11 is 5.72. The van der Waals surface area contributed by atoms with Gasteiger partial charge in [-0.15, -0.1) is 0 Å². The van der Waals surface area contributed by atoms with Gasteiger partial charge in [-0.1, -0.05) is 11.6 Å². The van der Waals surface area contributed by atoms with Crippen molar-refractivity contribution in [3.8, 4) is 5.69 Å². The molecule has 0 aliphatic carbocycles. The Kier molecular flexibility index (Phi) is 2.39. The molecule has 0 fully saturated rings. The fourth-order valence-corrected chi connectivity index (χ4v) is 1.27. The number of hydrogen-bond acceptors (Lipinski definition) is 3. The van der Waals surface area contributed by atoms with Crippen LogP contribution in [0.2, 0.25) is 5.02 Å². The van der Waals surface area contributed by atoms with Gasteiger partial charge in [-0.05, 0) is 24.3 Å². The van der Waals surface area contributed by atoms with Crippen molar-refractivity contribution in [3.05, 3.63) is 51.8 Å². The Morgan fingerprint density at radius 2 is 2.00 bits per heavy atom. The van der Waals surface area contributed by atoms with Gasteiger partial charge < -0.3 is 0 Å². The molecule has 0 saturated heterocycles. The second-order valence-electron chi connectivity index (χ2n) is 2.88. The average Bonchev–Trinajstić information content (AvgIpc) is 2.68. The van der Waals surface area contributed by atoms with Crippen LogP contribution in [0.3, 0.4) is 0 Å². The van der Waals surface area contributed by atoms with Gasteiger partial charge in [0.2, 0.25) is 0 Å². The molecule has 0 radical (unpaired) electrons. The molecule has 0 N–H and O–H groups in total. The molecule has 0 bridgehead atoms. The lowest BCUT2D eigenvalue weighted by Gasteiger charge is -1.98. The van der Waals surface area contributed by atoms with Crippen LogP contribution >= 0.6 is 11.6 Å². The Morgan fingerprint density at radius 3 is 2.53 bits per heavy atom. The lowest BCUT2D eigenvalue weighted by atomic mass is 10.3. The van der Waals surface area contributed by atoms with Crippen LogP contribution in [0.4, 0.5) is 5.69 Å². The first-order valence-electron chi connectivity index (χ1n) is 4.12. The third-order valence-corrected chi connectivity index (χ3v) is 2.12. The number of halogens is 1. The van der Waals surface area contributed by atoms with Crippen LogP contribution < -0.4 is 0 Å². The molecule has 6 heteroatoms.